The second kappa shape index (κ2) is 6.56. The van der Waals surface area contributed by atoms with Crippen molar-refractivity contribution in [2.45, 2.75) is 13.0 Å². The third-order valence-electron chi connectivity index (χ3n) is 4.38. The highest BCUT2D eigenvalue weighted by atomic mass is 35.5. The van der Waals surface area contributed by atoms with E-state index in [9.17, 15) is 9.59 Å². The molecule has 0 saturated carbocycles. The molecule has 1 aromatic rings. The fraction of sp³-hybridized carbons (Fsp3) is 0.600. The van der Waals surface area contributed by atoms with E-state index in [-0.39, 0.29) is 17.7 Å². The van der Waals surface area contributed by atoms with Gasteiger partial charge in [0.1, 0.15) is 0 Å². The van der Waals surface area contributed by atoms with Crippen LogP contribution in [-0.4, -0.2) is 66.3 Å². The van der Waals surface area contributed by atoms with Crippen LogP contribution in [0, 0.1) is 5.92 Å². The molecule has 5 nitrogen and oxygen atoms in total. The molecule has 2 saturated heterocycles. The van der Waals surface area contributed by atoms with E-state index in [0.717, 1.165) is 37.1 Å². The number of likely N-dealkylation sites (tertiary alicyclic amines) is 1. The van der Waals surface area contributed by atoms with Gasteiger partial charge in [-0.2, -0.15) is 0 Å². The SMILES string of the molecule is CN1CC(C(=O)N2CCN(Cc3ccc(Cl)s3)CC2)CC1=O. The largest absolute Gasteiger partial charge is 0.345 e. The molecule has 2 aliphatic heterocycles. The summed E-state index contributed by atoms with van der Waals surface area (Å²) < 4.78 is 0.818. The van der Waals surface area contributed by atoms with Crippen LogP contribution in [-0.2, 0) is 16.1 Å². The molecule has 1 unspecified atom stereocenters. The van der Waals surface area contributed by atoms with Crippen molar-refractivity contribution in [2.75, 3.05) is 39.8 Å². The molecule has 1 atom stereocenters. The van der Waals surface area contributed by atoms with Gasteiger partial charge in [0.05, 0.1) is 10.3 Å². The van der Waals surface area contributed by atoms with Crippen LogP contribution in [0.5, 0.6) is 0 Å². The molecule has 7 heteroatoms. The van der Waals surface area contributed by atoms with Crippen LogP contribution in [0.15, 0.2) is 12.1 Å². The van der Waals surface area contributed by atoms with Gasteiger partial charge in [-0.25, -0.2) is 0 Å². The van der Waals surface area contributed by atoms with Gasteiger partial charge in [0.15, 0.2) is 0 Å². The van der Waals surface area contributed by atoms with Gasteiger partial charge in [0, 0.05) is 57.6 Å². The fourth-order valence-corrected chi connectivity index (χ4v) is 4.20. The van der Waals surface area contributed by atoms with Crippen LogP contribution in [0.3, 0.4) is 0 Å². The van der Waals surface area contributed by atoms with Crippen molar-refractivity contribution in [3.8, 4) is 0 Å². The molecule has 0 radical (unpaired) electrons. The molecule has 2 aliphatic rings. The van der Waals surface area contributed by atoms with Crippen LogP contribution in [0.2, 0.25) is 4.34 Å². The Kier molecular flexibility index (Phi) is 4.70. The topological polar surface area (TPSA) is 43.9 Å². The van der Waals surface area contributed by atoms with Crippen LogP contribution in [0.25, 0.3) is 0 Å². The molecule has 3 rings (SSSR count). The molecule has 22 heavy (non-hydrogen) atoms. The first-order valence-electron chi connectivity index (χ1n) is 7.52. The van der Waals surface area contributed by atoms with Crippen LogP contribution >= 0.6 is 22.9 Å². The summed E-state index contributed by atoms with van der Waals surface area (Å²) in [5.41, 5.74) is 0. The average molecular weight is 342 g/mol. The van der Waals surface area contributed by atoms with Crippen LogP contribution in [0.1, 0.15) is 11.3 Å². The third-order valence-corrected chi connectivity index (χ3v) is 5.60. The number of carbonyl (C=O) groups is 2. The fourth-order valence-electron chi connectivity index (χ4n) is 3.07. The van der Waals surface area contributed by atoms with Gasteiger partial charge in [-0.3, -0.25) is 14.5 Å². The minimum absolute atomic E-state index is 0.0755. The lowest BCUT2D eigenvalue weighted by molar-refractivity contribution is -0.137. The number of hydrogen-bond acceptors (Lipinski definition) is 4. The van der Waals surface area contributed by atoms with Gasteiger partial charge < -0.3 is 9.80 Å². The highest BCUT2D eigenvalue weighted by molar-refractivity contribution is 7.16. The first-order valence-corrected chi connectivity index (χ1v) is 8.71. The van der Waals surface area contributed by atoms with E-state index in [1.165, 1.54) is 4.88 Å². The Bertz CT molecular complexity index is 569. The Labute approximate surface area is 139 Å². The molecule has 0 spiro atoms. The number of hydrogen-bond donors (Lipinski definition) is 0. The van der Waals surface area contributed by atoms with Gasteiger partial charge in [0.25, 0.3) is 0 Å². The molecule has 2 amide bonds. The molecule has 1 aromatic heterocycles. The van der Waals surface area contributed by atoms with Crippen LogP contribution < -0.4 is 0 Å². The Balaban J connectivity index is 1.49. The lowest BCUT2D eigenvalue weighted by Gasteiger charge is -2.35. The van der Waals surface area contributed by atoms with E-state index in [2.05, 4.69) is 11.0 Å². The first-order chi connectivity index (χ1) is 10.5. The molecule has 0 bridgehead atoms. The molecule has 0 aliphatic carbocycles. The van der Waals surface area contributed by atoms with Gasteiger partial charge in [-0.1, -0.05) is 11.6 Å². The number of piperazine rings is 1. The van der Waals surface area contributed by atoms with E-state index < -0.39 is 0 Å². The number of halogens is 1. The van der Waals surface area contributed by atoms with Crippen molar-refractivity contribution in [3.05, 3.63) is 21.3 Å². The minimum atomic E-state index is -0.153. The second-order valence-electron chi connectivity index (χ2n) is 5.98. The summed E-state index contributed by atoms with van der Waals surface area (Å²) in [5, 5.41) is 0. The lowest BCUT2D eigenvalue weighted by atomic mass is 10.1. The van der Waals surface area contributed by atoms with Crippen molar-refractivity contribution in [1.82, 2.24) is 14.7 Å². The lowest BCUT2D eigenvalue weighted by Crippen LogP contribution is -2.50. The van der Waals surface area contributed by atoms with E-state index in [1.54, 1.807) is 23.3 Å². The standard InChI is InChI=1S/C15H20ClN3O2S/c1-17-9-11(8-14(17)20)15(21)19-6-4-18(5-7-19)10-12-2-3-13(16)22-12/h2-3,11H,4-10H2,1H3. The summed E-state index contributed by atoms with van der Waals surface area (Å²) in [5.74, 6) is 0.0585. The molecule has 3 heterocycles. The average Bonchev–Trinajstić information content (AvgIpc) is 3.05. The summed E-state index contributed by atoms with van der Waals surface area (Å²) in [6, 6.07) is 3.99. The maximum absolute atomic E-state index is 12.5. The van der Waals surface area contributed by atoms with Crippen molar-refractivity contribution in [2.24, 2.45) is 5.92 Å². The van der Waals surface area contributed by atoms with Crippen molar-refractivity contribution in [1.29, 1.82) is 0 Å². The predicted octanol–water partition coefficient (Wildman–Crippen LogP) is 1.52. The summed E-state index contributed by atoms with van der Waals surface area (Å²) in [6.07, 6.45) is 0.364. The second-order valence-corrected chi connectivity index (χ2v) is 7.78. The first kappa shape index (κ1) is 15.8. The smallest absolute Gasteiger partial charge is 0.228 e. The molecular weight excluding hydrogens is 322 g/mol. The number of nitrogens with zero attached hydrogens (tertiary/aromatic N) is 3. The predicted molar refractivity (Wildman–Crippen MR) is 86.9 cm³/mol. The zero-order valence-corrected chi connectivity index (χ0v) is 14.2. The maximum Gasteiger partial charge on any atom is 0.228 e. The minimum Gasteiger partial charge on any atom is -0.345 e. The van der Waals surface area contributed by atoms with Crippen molar-refractivity contribution < 1.29 is 9.59 Å². The van der Waals surface area contributed by atoms with Gasteiger partial charge in [-0.05, 0) is 12.1 Å². The summed E-state index contributed by atoms with van der Waals surface area (Å²) in [6.45, 7) is 4.68. The quantitative estimate of drug-likeness (QED) is 0.837. The number of carbonyl (C=O) groups excluding carboxylic acids is 2. The van der Waals surface area contributed by atoms with E-state index in [4.69, 9.17) is 11.6 Å². The normalized spacial score (nSPS) is 23.4. The Morgan fingerprint density at radius 3 is 2.59 bits per heavy atom. The zero-order valence-electron chi connectivity index (χ0n) is 12.6. The van der Waals surface area contributed by atoms with Gasteiger partial charge >= 0.3 is 0 Å². The monoisotopic (exact) mass is 341 g/mol. The number of rotatable bonds is 3. The summed E-state index contributed by atoms with van der Waals surface area (Å²) >= 11 is 7.56. The molecular formula is C15H20ClN3O2S. The summed E-state index contributed by atoms with van der Waals surface area (Å²) in [7, 11) is 1.76. The molecule has 120 valence electrons. The third kappa shape index (κ3) is 3.45. The Morgan fingerprint density at radius 1 is 1.32 bits per heavy atom. The van der Waals surface area contributed by atoms with E-state index in [0.29, 0.717) is 13.0 Å². The molecule has 2 fully saturated rings. The molecule has 0 N–H and O–H groups in total. The van der Waals surface area contributed by atoms with E-state index >= 15 is 0 Å². The van der Waals surface area contributed by atoms with Crippen molar-refractivity contribution >= 4 is 34.8 Å². The number of amides is 2. The Morgan fingerprint density at radius 2 is 2.05 bits per heavy atom. The number of thiophene rings is 1. The molecule has 0 aromatic carbocycles. The van der Waals surface area contributed by atoms with Gasteiger partial charge in [-0.15, -0.1) is 11.3 Å². The van der Waals surface area contributed by atoms with Gasteiger partial charge in [0.2, 0.25) is 11.8 Å². The highest BCUT2D eigenvalue weighted by Gasteiger charge is 2.35. The van der Waals surface area contributed by atoms with Crippen molar-refractivity contribution in [3.63, 3.8) is 0 Å². The summed E-state index contributed by atoms with van der Waals surface area (Å²) in [4.78, 5) is 31.2. The maximum atomic E-state index is 12.5. The Hall–Kier alpha value is -1.11. The van der Waals surface area contributed by atoms with E-state index in [1.807, 2.05) is 11.0 Å². The zero-order chi connectivity index (χ0) is 15.7. The highest BCUT2D eigenvalue weighted by Crippen LogP contribution is 2.24. The van der Waals surface area contributed by atoms with Crippen LogP contribution in [0.4, 0.5) is 0 Å².